The Kier molecular flexibility index (Phi) is 11.6. The first-order chi connectivity index (χ1) is 13.1. The summed E-state index contributed by atoms with van der Waals surface area (Å²) in [6, 6.07) is 0. The number of hydrogen-bond acceptors (Lipinski definition) is 6. The monoisotopic (exact) mass is 494 g/mol. The Morgan fingerprint density at radius 1 is 0.967 bits per heavy atom. The molecule has 0 aliphatic heterocycles. The van der Waals surface area contributed by atoms with E-state index in [0.717, 1.165) is 21.7 Å². The molecular weight excluding hydrogens is 470 g/mol. The summed E-state index contributed by atoms with van der Waals surface area (Å²) in [5.74, 6) is -0.287. The summed E-state index contributed by atoms with van der Waals surface area (Å²) in [7, 11) is -9.13. The van der Waals surface area contributed by atoms with Crippen LogP contribution in [0, 0.1) is 0 Å². The van der Waals surface area contributed by atoms with Crippen LogP contribution in [0.25, 0.3) is 4.13 Å². The highest BCUT2D eigenvalue weighted by Gasteiger charge is 2.46. The number of quaternary nitrogens is 1. The maximum absolute atomic E-state index is 11.4. The van der Waals surface area contributed by atoms with Crippen molar-refractivity contribution < 1.29 is 57.2 Å². The van der Waals surface area contributed by atoms with Crippen LogP contribution < -0.4 is 0 Å². The number of ether oxygens (including phenoxy) is 1. The fourth-order valence-corrected chi connectivity index (χ4v) is 3.13. The van der Waals surface area contributed by atoms with E-state index in [1.165, 1.54) is 12.8 Å². The minimum Gasteiger partial charge on any atom is -0.456 e. The van der Waals surface area contributed by atoms with E-state index in [0.29, 0.717) is 12.2 Å². The third-order valence-corrected chi connectivity index (χ3v) is 5.92. The predicted molar refractivity (Wildman–Crippen MR) is 95.8 cm³/mol. The smallest absolute Gasteiger partial charge is 0.456 e. The lowest BCUT2D eigenvalue weighted by atomic mass is 10.3. The van der Waals surface area contributed by atoms with E-state index < -0.39 is 31.1 Å². The van der Waals surface area contributed by atoms with Gasteiger partial charge in [0.2, 0.25) is 0 Å². The SMILES string of the molecule is C=C(C)C(=O)OCC[N+](C)(C)CCCC.O=S(=O)([N-]S(=O)(=O)C(F)(F)F)C(F)(F)F. The normalized spacial score (nSPS) is 13.3. The van der Waals surface area contributed by atoms with Gasteiger partial charge >= 0.3 is 17.0 Å². The zero-order valence-electron chi connectivity index (χ0n) is 16.7. The number of unbranched alkanes of at least 4 members (excludes halogenated alkanes) is 1. The number of rotatable bonds is 9. The third kappa shape index (κ3) is 11.7. The van der Waals surface area contributed by atoms with Gasteiger partial charge in [0.1, 0.15) is 13.2 Å². The fraction of sp³-hybridized carbons (Fsp3) is 0.786. The molecule has 0 aromatic carbocycles. The van der Waals surface area contributed by atoms with Crippen LogP contribution in [0.5, 0.6) is 0 Å². The standard InChI is InChI=1S/C12H24NO2.C2F6NO4S2/c1-6-7-8-13(4,5)9-10-15-12(14)11(2)3;3-1(4,5)14(10,11)9-15(12,13)2(6,7)8/h2,6-10H2,1,3-5H3;/q+1;-1. The quantitative estimate of drug-likeness (QED) is 0.211. The van der Waals surface area contributed by atoms with Gasteiger partial charge in [0.05, 0.1) is 20.6 Å². The number of esters is 1. The average molecular weight is 494 g/mol. The lowest BCUT2D eigenvalue weighted by Gasteiger charge is -2.29. The fourth-order valence-electron chi connectivity index (χ4n) is 1.42. The summed E-state index contributed by atoms with van der Waals surface area (Å²) < 4.78 is 115. The summed E-state index contributed by atoms with van der Waals surface area (Å²) in [5.41, 5.74) is -11.9. The van der Waals surface area contributed by atoms with Crippen molar-refractivity contribution in [2.45, 2.75) is 37.7 Å². The van der Waals surface area contributed by atoms with Gasteiger partial charge in [-0.2, -0.15) is 26.3 Å². The van der Waals surface area contributed by atoms with Crippen molar-refractivity contribution >= 4 is 26.0 Å². The second-order valence-electron chi connectivity index (χ2n) is 6.57. The van der Waals surface area contributed by atoms with Crippen molar-refractivity contribution in [1.82, 2.24) is 0 Å². The van der Waals surface area contributed by atoms with Crippen molar-refractivity contribution in [3.05, 3.63) is 16.3 Å². The lowest BCUT2D eigenvalue weighted by Crippen LogP contribution is -2.43. The van der Waals surface area contributed by atoms with Gasteiger partial charge in [0.25, 0.3) is 0 Å². The van der Waals surface area contributed by atoms with E-state index in [4.69, 9.17) is 4.74 Å². The number of likely N-dealkylation sites (N-methyl/N-ethyl adjacent to an activating group) is 1. The first-order valence-corrected chi connectivity index (χ1v) is 11.0. The van der Waals surface area contributed by atoms with Crippen LogP contribution in [0.15, 0.2) is 12.2 Å². The maximum Gasteiger partial charge on any atom is 0.480 e. The van der Waals surface area contributed by atoms with E-state index >= 15 is 0 Å². The largest absolute Gasteiger partial charge is 0.480 e. The van der Waals surface area contributed by atoms with Gasteiger partial charge in [-0.3, -0.25) is 0 Å². The van der Waals surface area contributed by atoms with Crippen LogP contribution in [-0.2, 0) is 29.6 Å². The molecule has 0 N–H and O–H groups in total. The van der Waals surface area contributed by atoms with Gasteiger partial charge in [0, 0.05) is 5.57 Å². The molecule has 0 atom stereocenters. The molecule has 0 spiro atoms. The summed E-state index contributed by atoms with van der Waals surface area (Å²) in [5, 5.41) is 0. The molecule has 0 saturated carbocycles. The van der Waals surface area contributed by atoms with E-state index in [1.54, 1.807) is 6.92 Å². The second-order valence-corrected chi connectivity index (χ2v) is 9.99. The van der Waals surface area contributed by atoms with Gasteiger partial charge in [-0.15, -0.1) is 0 Å². The van der Waals surface area contributed by atoms with Gasteiger partial charge < -0.3 is 13.3 Å². The molecule has 16 heteroatoms. The molecule has 30 heavy (non-hydrogen) atoms. The van der Waals surface area contributed by atoms with Crippen LogP contribution in [-0.4, -0.2) is 72.1 Å². The highest BCUT2D eigenvalue weighted by Crippen LogP contribution is 2.36. The van der Waals surface area contributed by atoms with Crippen LogP contribution in [0.1, 0.15) is 26.7 Å². The van der Waals surface area contributed by atoms with Crippen molar-refractivity contribution in [3.63, 3.8) is 0 Å². The Balaban J connectivity index is 0. The van der Waals surface area contributed by atoms with Crippen LogP contribution >= 0.6 is 0 Å². The summed E-state index contributed by atoms with van der Waals surface area (Å²) >= 11 is 0. The molecule has 180 valence electrons. The summed E-state index contributed by atoms with van der Waals surface area (Å²) in [6.07, 6.45) is 2.41. The third-order valence-electron chi connectivity index (χ3n) is 3.18. The Bertz CT molecular complexity index is 747. The Morgan fingerprint density at radius 2 is 1.37 bits per heavy atom. The first-order valence-electron chi connectivity index (χ1n) is 8.11. The summed E-state index contributed by atoms with van der Waals surface area (Å²) in [4.78, 5) is 11.1. The highest BCUT2D eigenvalue weighted by atomic mass is 32.3. The zero-order chi connectivity index (χ0) is 24.6. The van der Waals surface area contributed by atoms with E-state index in [9.17, 15) is 48.0 Å². The molecule has 0 unspecified atom stereocenters. The molecule has 0 aliphatic carbocycles. The Labute approximate surface area is 171 Å². The lowest BCUT2D eigenvalue weighted by molar-refractivity contribution is -0.890. The molecule has 0 radical (unpaired) electrons. The topological polar surface area (TPSA) is 109 Å². The second kappa shape index (κ2) is 11.3. The molecule has 0 amide bonds. The minimum absolute atomic E-state index is 0.287. The van der Waals surface area contributed by atoms with Crippen molar-refractivity contribution in [2.24, 2.45) is 0 Å². The van der Waals surface area contributed by atoms with Gasteiger partial charge in [-0.05, 0) is 13.3 Å². The first kappa shape index (κ1) is 30.8. The molecule has 0 aromatic heterocycles. The van der Waals surface area contributed by atoms with Crippen molar-refractivity contribution in [1.29, 1.82) is 0 Å². The molecule has 0 heterocycles. The number of nitrogens with zero attached hydrogens (tertiary/aromatic N) is 2. The van der Waals surface area contributed by atoms with E-state index in [1.807, 2.05) is 0 Å². The molecule has 0 rings (SSSR count). The van der Waals surface area contributed by atoms with Crippen LogP contribution in [0.4, 0.5) is 26.3 Å². The molecule has 0 fully saturated rings. The van der Waals surface area contributed by atoms with Gasteiger partial charge in [0.15, 0.2) is 20.0 Å². The number of carbonyl (C=O) groups excluding carboxylic acids is 1. The molecule has 0 aromatic rings. The molecule has 8 nitrogen and oxygen atoms in total. The molecule has 0 saturated heterocycles. The van der Waals surface area contributed by atoms with Crippen molar-refractivity contribution in [2.75, 3.05) is 33.8 Å². The number of sulfonamides is 2. The number of halogens is 6. The molecular formula is C14H24F6N2O6S2. The Morgan fingerprint density at radius 3 is 1.67 bits per heavy atom. The van der Waals surface area contributed by atoms with Gasteiger partial charge in [-0.25, -0.2) is 21.6 Å². The summed E-state index contributed by atoms with van der Waals surface area (Å²) in [6.45, 7) is 9.85. The average Bonchev–Trinajstić information content (AvgIpc) is 2.50. The maximum atomic E-state index is 11.4. The van der Waals surface area contributed by atoms with E-state index in [2.05, 4.69) is 27.6 Å². The number of hydrogen-bond donors (Lipinski definition) is 0. The van der Waals surface area contributed by atoms with E-state index in [-0.39, 0.29) is 5.97 Å². The molecule has 0 bridgehead atoms. The van der Waals surface area contributed by atoms with Crippen LogP contribution in [0.2, 0.25) is 0 Å². The number of alkyl halides is 6. The highest BCUT2D eigenvalue weighted by molar-refractivity contribution is 8.13. The minimum atomic E-state index is -6.72. The van der Waals surface area contributed by atoms with Crippen LogP contribution in [0.3, 0.4) is 0 Å². The zero-order valence-corrected chi connectivity index (χ0v) is 18.3. The predicted octanol–water partition coefficient (Wildman–Crippen LogP) is 3.04. The van der Waals surface area contributed by atoms with Crippen molar-refractivity contribution in [3.8, 4) is 0 Å². The number of carbonyl (C=O) groups is 1. The van der Waals surface area contributed by atoms with Gasteiger partial charge in [-0.1, -0.05) is 19.9 Å². The molecule has 0 aliphatic rings. The Hall–Kier alpha value is -1.39.